The zero-order chi connectivity index (χ0) is 16.8. The van der Waals surface area contributed by atoms with E-state index in [9.17, 15) is 9.90 Å². The Morgan fingerprint density at radius 3 is 2.70 bits per heavy atom. The second-order valence-corrected chi connectivity index (χ2v) is 6.53. The molecule has 0 unspecified atom stereocenters. The minimum absolute atomic E-state index is 0.0778. The average Bonchev–Trinajstić information content (AvgIpc) is 2.55. The monoisotopic (exact) mass is 340 g/mol. The summed E-state index contributed by atoms with van der Waals surface area (Å²) in [5, 5.41) is 18.7. The maximum absolute atomic E-state index is 12.4. The van der Waals surface area contributed by atoms with Crippen LogP contribution in [0.2, 0.25) is 5.02 Å². The molecule has 2 N–H and O–H groups in total. The predicted octanol–water partition coefficient (Wildman–Crippen LogP) is 1.89. The molecular formula is C17H25ClN2O3. The largest absolute Gasteiger partial charge is 0.508 e. The molecule has 1 saturated heterocycles. The lowest BCUT2D eigenvalue weighted by Crippen LogP contribution is -2.46. The molecule has 1 heterocycles. The molecule has 0 bridgehead atoms. The Kier molecular flexibility index (Phi) is 6.69. The van der Waals surface area contributed by atoms with Gasteiger partial charge in [-0.15, -0.1) is 0 Å². The summed E-state index contributed by atoms with van der Waals surface area (Å²) in [6.07, 6.45) is 2.97. The van der Waals surface area contributed by atoms with Crippen molar-refractivity contribution >= 4 is 17.5 Å². The lowest BCUT2D eigenvalue weighted by atomic mass is 10.0. The van der Waals surface area contributed by atoms with E-state index < -0.39 is 0 Å². The first-order chi connectivity index (χ1) is 11.0. The highest BCUT2D eigenvalue weighted by molar-refractivity contribution is 6.31. The van der Waals surface area contributed by atoms with Crippen LogP contribution in [0.1, 0.15) is 24.8 Å². The number of carbonyl (C=O) groups is 1. The van der Waals surface area contributed by atoms with Gasteiger partial charge in [0.25, 0.3) is 0 Å². The number of aliphatic hydroxyl groups excluding tert-OH is 1. The van der Waals surface area contributed by atoms with Crippen LogP contribution in [0, 0.1) is 0 Å². The van der Waals surface area contributed by atoms with Gasteiger partial charge >= 0.3 is 0 Å². The van der Waals surface area contributed by atoms with Crippen molar-refractivity contribution in [1.29, 1.82) is 0 Å². The molecule has 128 valence electrons. The number of aliphatic hydroxyl groups is 1. The number of rotatable bonds is 6. The van der Waals surface area contributed by atoms with Crippen LogP contribution in [0.25, 0.3) is 0 Å². The molecule has 0 aromatic heterocycles. The summed E-state index contributed by atoms with van der Waals surface area (Å²) in [5.74, 6) is 0.187. The normalized spacial score (nSPS) is 16.1. The van der Waals surface area contributed by atoms with Crippen molar-refractivity contribution in [3.63, 3.8) is 0 Å². The molecule has 1 amide bonds. The number of phenols is 1. The number of carbonyl (C=O) groups excluding carboxylic acids is 1. The maximum Gasteiger partial charge on any atom is 0.227 e. The van der Waals surface area contributed by atoms with Gasteiger partial charge in [-0.3, -0.25) is 4.79 Å². The van der Waals surface area contributed by atoms with E-state index >= 15 is 0 Å². The minimum Gasteiger partial charge on any atom is -0.508 e. The second kappa shape index (κ2) is 8.52. The summed E-state index contributed by atoms with van der Waals surface area (Å²) in [5.41, 5.74) is 0.747. The van der Waals surface area contributed by atoms with Gasteiger partial charge in [-0.1, -0.05) is 17.7 Å². The zero-order valence-electron chi connectivity index (χ0n) is 13.5. The summed E-state index contributed by atoms with van der Waals surface area (Å²) >= 11 is 6.07. The molecule has 0 saturated carbocycles. The summed E-state index contributed by atoms with van der Waals surface area (Å²) in [6.45, 7) is 2.61. The third-order valence-corrected chi connectivity index (χ3v) is 4.84. The highest BCUT2D eigenvalue weighted by atomic mass is 35.5. The van der Waals surface area contributed by atoms with Crippen LogP contribution in [0.15, 0.2) is 18.2 Å². The number of hydrogen-bond donors (Lipinski definition) is 2. The van der Waals surface area contributed by atoms with E-state index in [1.54, 1.807) is 12.1 Å². The van der Waals surface area contributed by atoms with Gasteiger partial charge < -0.3 is 20.0 Å². The van der Waals surface area contributed by atoms with Gasteiger partial charge in [-0.05, 0) is 44.0 Å². The highest BCUT2D eigenvalue weighted by Gasteiger charge is 2.25. The van der Waals surface area contributed by atoms with Crippen molar-refractivity contribution in [3.8, 4) is 5.75 Å². The van der Waals surface area contributed by atoms with Gasteiger partial charge in [0.2, 0.25) is 5.91 Å². The van der Waals surface area contributed by atoms with E-state index in [0.29, 0.717) is 11.1 Å². The molecule has 1 fully saturated rings. The Morgan fingerprint density at radius 2 is 2.09 bits per heavy atom. The summed E-state index contributed by atoms with van der Waals surface area (Å²) in [7, 11) is 2.08. The van der Waals surface area contributed by atoms with Crippen LogP contribution < -0.4 is 0 Å². The number of likely N-dealkylation sites (tertiary alicyclic amines) is 1. The van der Waals surface area contributed by atoms with Crippen LogP contribution in [0.3, 0.4) is 0 Å². The SMILES string of the molecule is CN(CCCO)C1CCN(C(=O)Cc2ccc(O)cc2Cl)CC1. The smallest absolute Gasteiger partial charge is 0.227 e. The number of phenolic OH excluding ortho intramolecular Hbond substituents is 1. The van der Waals surface area contributed by atoms with Crippen molar-refractivity contribution in [2.75, 3.05) is 33.3 Å². The first-order valence-electron chi connectivity index (χ1n) is 8.07. The van der Waals surface area contributed by atoms with Crippen LogP contribution >= 0.6 is 11.6 Å². The molecule has 1 aliphatic heterocycles. The van der Waals surface area contributed by atoms with E-state index in [4.69, 9.17) is 16.7 Å². The summed E-state index contributed by atoms with van der Waals surface area (Å²) in [6, 6.07) is 5.19. The van der Waals surface area contributed by atoms with Gasteiger partial charge in [-0.2, -0.15) is 0 Å². The van der Waals surface area contributed by atoms with Gasteiger partial charge in [0.1, 0.15) is 5.75 Å². The van der Waals surface area contributed by atoms with Crippen LogP contribution in [-0.4, -0.2) is 65.3 Å². The molecule has 1 aromatic carbocycles. The molecule has 5 nitrogen and oxygen atoms in total. The first-order valence-corrected chi connectivity index (χ1v) is 8.45. The molecule has 2 rings (SSSR count). The number of aromatic hydroxyl groups is 1. The quantitative estimate of drug-likeness (QED) is 0.830. The van der Waals surface area contributed by atoms with Crippen molar-refractivity contribution in [2.24, 2.45) is 0 Å². The maximum atomic E-state index is 12.4. The number of halogens is 1. The van der Waals surface area contributed by atoms with E-state index in [1.165, 1.54) is 6.07 Å². The second-order valence-electron chi connectivity index (χ2n) is 6.12. The standard InChI is InChI=1S/C17H25ClN2O3/c1-19(7-2-10-21)14-5-8-20(9-6-14)17(23)11-13-3-4-15(22)12-16(13)18/h3-4,12,14,21-22H,2,5-11H2,1H3. The molecule has 1 aromatic rings. The average molecular weight is 341 g/mol. The molecule has 23 heavy (non-hydrogen) atoms. The molecule has 1 aliphatic rings. The summed E-state index contributed by atoms with van der Waals surface area (Å²) < 4.78 is 0. The Morgan fingerprint density at radius 1 is 1.39 bits per heavy atom. The minimum atomic E-state index is 0.0778. The van der Waals surface area contributed by atoms with Crippen molar-refractivity contribution in [2.45, 2.75) is 31.7 Å². The molecule has 0 radical (unpaired) electrons. The number of piperidine rings is 1. The van der Waals surface area contributed by atoms with Crippen molar-refractivity contribution in [1.82, 2.24) is 9.80 Å². The lowest BCUT2D eigenvalue weighted by molar-refractivity contribution is -0.132. The number of hydrogen-bond acceptors (Lipinski definition) is 4. The fraction of sp³-hybridized carbons (Fsp3) is 0.588. The topological polar surface area (TPSA) is 64.0 Å². The van der Waals surface area contributed by atoms with E-state index in [-0.39, 0.29) is 24.7 Å². The third-order valence-electron chi connectivity index (χ3n) is 4.49. The van der Waals surface area contributed by atoms with Crippen molar-refractivity contribution < 1.29 is 15.0 Å². The molecule has 0 spiro atoms. The Balaban J connectivity index is 1.83. The molecule has 0 aliphatic carbocycles. The van der Waals surface area contributed by atoms with Gasteiger partial charge in [-0.25, -0.2) is 0 Å². The molecule has 6 heteroatoms. The van der Waals surface area contributed by atoms with E-state index in [1.807, 2.05) is 4.90 Å². The van der Waals surface area contributed by atoms with Gasteiger partial charge in [0.05, 0.1) is 6.42 Å². The van der Waals surface area contributed by atoms with Gasteiger partial charge in [0, 0.05) is 37.3 Å². The molecular weight excluding hydrogens is 316 g/mol. The van der Waals surface area contributed by atoms with Crippen LogP contribution in [-0.2, 0) is 11.2 Å². The Hall–Kier alpha value is -1.30. The fourth-order valence-electron chi connectivity index (χ4n) is 3.01. The predicted molar refractivity (Wildman–Crippen MR) is 90.8 cm³/mol. The Bertz CT molecular complexity index is 531. The third kappa shape index (κ3) is 5.09. The van der Waals surface area contributed by atoms with E-state index in [0.717, 1.165) is 44.5 Å². The van der Waals surface area contributed by atoms with E-state index in [2.05, 4.69) is 11.9 Å². The first kappa shape index (κ1) is 18.0. The zero-order valence-corrected chi connectivity index (χ0v) is 14.3. The lowest BCUT2D eigenvalue weighted by Gasteiger charge is -2.36. The number of benzene rings is 1. The number of amides is 1. The van der Waals surface area contributed by atoms with Crippen LogP contribution in [0.5, 0.6) is 5.75 Å². The fourth-order valence-corrected chi connectivity index (χ4v) is 3.25. The van der Waals surface area contributed by atoms with Gasteiger partial charge in [0.15, 0.2) is 0 Å². The summed E-state index contributed by atoms with van der Waals surface area (Å²) in [4.78, 5) is 16.6. The van der Waals surface area contributed by atoms with Crippen molar-refractivity contribution in [3.05, 3.63) is 28.8 Å². The highest BCUT2D eigenvalue weighted by Crippen LogP contribution is 2.23. The van der Waals surface area contributed by atoms with Crippen LogP contribution in [0.4, 0.5) is 0 Å². The molecule has 0 atom stereocenters. The Labute approximate surface area is 142 Å². The number of nitrogens with zero attached hydrogens (tertiary/aromatic N) is 2.